The van der Waals surface area contributed by atoms with Crippen molar-refractivity contribution in [1.29, 1.82) is 0 Å². The van der Waals surface area contributed by atoms with Gasteiger partial charge in [0.05, 0.1) is 12.5 Å². The van der Waals surface area contributed by atoms with Crippen LogP contribution in [0.5, 0.6) is 5.75 Å². The highest BCUT2D eigenvalue weighted by molar-refractivity contribution is 7.61. The standard InChI is InChI=1S/C18H25N3O5S/c1-5-13(6-2)21(17(23)19-3)16(22)18(9-10-18)12-7-8-15(26-4)14(11-12)20-27(24)25/h7-8,11,13H,5-6,9-10H2,1-4H3,(H,19,23). The second-order valence-corrected chi connectivity index (χ2v) is 7.09. The van der Waals surface area contributed by atoms with Crippen molar-refractivity contribution in [2.75, 3.05) is 14.2 Å². The summed E-state index contributed by atoms with van der Waals surface area (Å²) >= 11 is 0. The Kier molecular flexibility index (Phi) is 6.59. The van der Waals surface area contributed by atoms with Gasteiger partial charge in [-0.2, -0.15) is 8.42 Å². The van der Waals surface area contributed by atoms with Crippen molar-refractivity contribution in [1.82, 2.24) is 10.2 Å². The Morgan fingerprint density at radius 2 is 1.93 bits per heavy atom. The van der Waals surface area contributed by atoms with Crippen LogP contribution in [0.25, 0.3) is 0 Å². The molecule has 1 fully saturated rings. The summed E-state index contributed by atoms with van der Waals surface area (Å²) < 4.78 is 30.7. The molecule has 8 nitrogen and oxygen atoms in total. The van der Waals surface area contributed by atoms with Crippen LogP contribution in [-0.2, 0) is 20.7 Å². The number of hydrogen-bond acceptors (Lipinski definition) is 6. The van der Waals surface area contributed by atoms with E-state index in [2.05, 4.69) is 9.68 Å². The molecule has 1 aromatic carbocycles. The van der Waals surface area contributed by atoms with E-state index in [-0.39, 0.29) is 17.6 Å². The molecule has 9 heteroatoms. The van der Waals surface area contributed by atoms with Gasteiger partial charge in [-0.1, -0.05) is 19.9 Å². The molecule has 0 aliphatic heterocycles. The van der Waals surface area contributed by atoms with Gasteiger partial charge in [0.25, 0.3) is 0 Å². The lowest BCUT2D eigenvalue weighted by molar-refractivity contribution is -0.133. The summed E-state index contributed by atoms with van der Waals surface area (Å²) in [4.78, 5) is 27.1. The summed E-state index contributed by atoms with van der Waals surface area (Å²) in [6, 6.07) is 4.24. The Morgan fingerprint density at radius 3 is 2.37 bits per heavy atom. The lowest BCUT2D eigenvalue weighted by Gasteiger charge is -2.32. The molecule has 2 rings (SSSR count). The largest absolute Gasteiger partial charge is 0.494 e. The Morgan fingerprint density at radius 1 is 1.30 bits per heavy atom. The van der Waals surface area contributed by atoms with Gasteiger partial charge in [-0.15, -0.1) is 4.36 Å². The molecular formula is C18H25N3O5S. The number of amides is 3. The molecule has 0 unspecified atom stereocenters. The SMILES string of the molecule is CCC(CC)N(C(=O)NC)C(=O)C1(c2ccc(OC)c(N=S(=O)=O)c2)CC1. The third-order valence-electron chi connectivity index (χ3n) is 5.02. The van der Waals surface area contributed by atoms with Crippen molar-refractivity contribution in [2.45, 2.75) is 51.0 Å². The molecule has 0 aromatic heterocycles. The van der Waals surface area contributed by atoms with Crippen molar-refractivity contribution in [2.24, 2.45) is 4.36 Å². The maximum Gasteiger partial charge on any atom is 0.324 e. The molecular weight excluding hydrogens is 370 g/mol. The zero-order valence-corrected chi connectivity index (χ0v) is 16.8. The Balaban J connectivity index is 2.49. The molecule has 148 valence electrons. The van der Waals surface area contributed by atoms with Crippen molar-refractivity contribution in [3.05, 3.63) is 23.8 Å². The maximum atomic E-state index is 13.4. The first-order chi connectivity index (χ1) is 12.8. The lowest BCUT2D eigenvalue weighted by Crippen LogP contribution is -2.52. The van der Waals surface area contributed by atoms with Crippen LogP contribution < -0.4 is 10.1 Å². The van der Waals surface area contributed by atoms with Crippen LogP contribution >= 0.6 is 0 Å². The molecule has 27 heavy (non-hydrogen) atoms. The number of ether oxygens (including phenoxy) is 1. The molecule has 0 saturated heterocycles. The average Bonchev–Trinajstić information content (AvgIpc) is 3.46. The zero-order chi connectivity index (χ0) is 20.2. The van der Waals surface area contributed by atoms with Crippen molar-refractivity contribution in [3.8, 4) is 5.75 Å². The van der Waals surface area contributed by atoms with Crippen LogP contribution in [0.2, 0.25) is 0 Å². The molecule has 1 aromatic rings. The highest BCUT2D eigenvalue weighted by atomic mass is 32.2. The Bertz CT molecular complexity index is 850. The third kappa shape index (κ3) is 4.13. The molecule has 0 spiro atoms. The summed E-state index contributed by atoms with van der Waals surface area (Å²) in [5.41, 5.74) is -0.0653. The predicted octanol–water partition coefficient (Wildman–Crippen LogP) is 2.78. The minimum Gasteiger partial charge on any atom is -0.494 e. The molecule has 1 N–H and O–H groups in total. The summed E-state index contributed by atoms with van der Waals surface area (Å²) in [5.74, 6) is 0.0317. The zero-order valence-electron chi connectivity index (χ0n) is 16.0. The van der Waals surface area contributed by atoms with Gasteiger partial charge < -0.3 is 10.1 Å². The molecule has 0 atom stereocenters. The van der Waals surface area contributed by atoms with E-state index in [9.17, 15) is 18.0 Å². The van der Waals surface area contributed by atoms with Crippen LogP contribution in [0, 0.1) is 0 Å². The maximum absolute atomic E-state index is 13.4. The van der Waals surface area contributed by atoms with Gasteiger partial charge in [-0.05, 0) is 43.4 Å². The molecule has 1 aliphatic carbocycles. The number of rotatable bonds is 7. The van der Waals surface area contributed by atoms with Gasteiger partial charge in [0, 0.05) is 13.1 Å². The minimum absolute atomic E-state index is 0.136. The molecule has 0 heterocycles. The molecule has 3 amide bonds. The fourth-order valence-electron chi connectivity index (χ4n) is 3.32. The Labute approximate surface area is 160 Å². The summed E-state index contributed by atoms with van der Waals surface area (Å²) in [6.45, 7) is 3.87. The van der Waals surface area contributed by atoms with Gasteiger partial charge in [0.2, 0.25) is 5.91 Å². The smallest absolute Gasteiger partial charge is 0.324 e. The monoisotopic (exact) mass is 395 g/mol. The van der Waals surface area contributed by atoms with Crippen LogP contribution in [0.15, 0.2) is 22.6 Å². The first kappa shape index (κ1) is 20.9. The number of methoxy groups -OCH3 is 1. The van der Waals surface area contributed by atoms with E-state index in [1.54, 1.807) is 18.2 Å². The first-order valence-electron chi connectivity index (χ1n) is 8.89. The van der Waals surface area contributed by atoms with Crippen molar-refractivity contribution >= 4 is 28.1 Å². The first-order valence-corrected chi connectivity index (χ1v) is 9.92. The molecule has 1 aliphatic rings. The topological polar surface area (TPSA) is 105 Å². The van der Waals surface area contributed by atoms with Crippen LogP contribution in [0.3, 0.4) is 0 Å². The summed E-state index contributed by atoms with van der Waals surface area (Å²) in [5, 5.41) is 2.55. The second-order valence-electron chi connectivity index (χ2n) is 6.48. The van der Waals surface area contributed by atoms with Gasteiger partial charge in [0.1, 0.15) is 11.4 Å². The van der Waals surface area contributed by atoms with Crippen molar-refractivity contribution in [3.63, 3.8) is 0 Å². The number of urea groups is 1. The number of nitrogens with zero attached hydrogens (tertiary/aromatic N) is 2. The number of carbonyl (C=O) groups excluding carboxylic acids is 2. The van der Waals surface area contributed by atoms with Crippen LogP contribution in [0.4, 0.5) is 10.5 Å². The number of benzene rings is 1. The quantitative estimate of drug-likeness (QED) is 0.764. The van der Waals surface area contributed by atoms with E-state index in [0.29, 0.717) is 37.0 Å². The molecule has 0 radical (unpaired) electrons. The van der Waals surface area contributed by atoms with E-state index in [4.69, 9.17) is 4.74 Å². The van der Waals surface area contributed by atoms with Gasteiger partial charge in [-0.3, -0.25) is 9.69 Å². The average molecular weight is 395 g/mol. The number of carbonyl (C=O) groups is 2. The summed E-state index contributed by atoms with van der Waals surface area (Å²) in [6.07, 6.45) is 2.49. The minimum atomic E-state index is -2.65. The van der Waals surface area contributed by atoms with Crippen LogP contribution in [-0.4, -0.2) is 45.5 Å². The highest BCUT2D eigenvalue weighted by Gasteiger charge is 2.55. The number of imide groups is 1. The predicted molar refractivity (Wildman–Crippen MR) is 101 cm³/mol. The van der Waals surface area contributed by atoms with Crippen LogP contribution in [0.1, 0.15) is 45.1 Å². The van der Waals surface area contributed by atoms with E-state index < -0.39 is 21.9 Å². The van der Waals surface area contributed by atoms with E-state index in [1.807, 2.05) is 13.8 Å². The number of hydrogen-bond donors (Lipinski definition) is 1. The Hall–Kier alpha value is -2.42. The van der Waals surface area contributed by atoms with Crippen molar-refractivity contribution < 1.29 is 22.7 Å². The second kappa shape index (κ2) is 8.51. The van der Waals surface area contributed by atoms with E-state index >= 15 is 0 Å². The van der Waals surface area contributed by atoms with E-state index in [0.717, 1.165) is 0 Å². The van der Waals surface area contributed by atoms with Gasteiger partial charge in [-0.25, -0.2) is 4.79 Å². The summed E-state index contributed by atoms with van der Waals surface area (Å²) in [7, 11) is 0.269. The fourth-order valence-corrected chi connectivity index (χ4v) is 3.62. The normalized spacial score (nSPS) is 14.4. The lowest BCUT2D eigenvalue weighted by atomic mass is 9.92. The number of nitrogens with one attached hydrogen (secondary N) is 1. The molecule has 1 saturated carbocycles. The van der Waals surface area contributed by atoms with E-state index in [1.165, 1.54) is 19.1 Å². The van der Waals surface area contributed by atoms with Gasteiger partial charge in [0.15, 0.2) is 0 Å². The van der Waals surface area contributed by atoms with Gasteiger partial charge >= 0.3 is 16.5 Å². The fraction of sp³-hybridized carbons (Fsp3) is 0.556. The highest BCUT2D eigenvalue weighted by Crippen LogP contribution is 2.51. The molecule has 0 bridgehead atoms. The third-order valence-corrected chi connectivity index (χ3v) is 5.37.